The standard InChI is InChI=1S/C13H22N2O2.ClH/c1-8(2)5-11(7-14)15-13(16)12-6-9(3)17-10(12)4;/h6,8,11H,5,7,14H2,1-4H3,(H,15,16);1H. The second-order valence-electron chi connectivity index (χ2n) is 4.86. The van der Waals surface area contributed by atoms with Crippen LogP contribution in [0, 0.1) is 19.8 Å². The zero-order valence-electron chi connectivity index (χ0n) is 11.4. The van der Waals surface area contributed by atoms with Crippen LogP contribution < -0.4 is 11.1 Å². The summed E-state index contributed by atoms with van der Waals surface area (Å²) in [5.41, 5.74) is 6.25. The minimum absolute atomic E-state index is 0. The fourth-order valence-electron chi connectivity index (χ4n) is 1.90. The summed E-state index contributed by atoms with van der Waals surface area (Å²) in [4.78, 5) is 12.0. The van der Waals surface area contributed by atoms with E-state index in [4.69, 9.17) is 10.2 Å². The van der Waals surface area contributed by atoms with Crippen LogP contribution in [0.1, 0.15) is 42.1 Å². The molecular weight excluding hydrogens is 252 g/mol. The summed E-state index contributed by atoms with van der Waals surface area (Å²) >= 11 is 0. The van der Waals surface area contributed by atoms with Crippen LogP contribution in [0.25, 0.3) is 0 Å². The first kappa shape index (κ1) is 17.0. The monoisotopic (exact) mass is 274 g/mol. The van der Waals surface area contributed by atoms with Crippen LogP contribution in [0.5, 0.6) is 0 Å². The molecule has 1 unspecified atom stereocenters. The molecule has 0 bridgehead atoms. The van der Waals surface area contributed by atoms with E-state index in [9.17, 15) is 4.79 Å². The highest BCUT2D eigenvalue weighted by atomic mass is 35.5. The molecule has 1 aromatic rings. The van der Waals surface area contributed by atoms with Crippen molar-refractivity contribution in [3.63, 3.8) is 0 Å². The molecule has 1 atom stereocenters. The highest BCUT2D eigenvalue weighted by Crippen LogP contribution is 2.14. The van der Waals surface area contributed by atoms with Gasteiger partial charge < -0.3 is 15.5 Å². The predicted molar refractivity (Wildman–Crippen MR) is 75.2 cm³/mol. The first-order valence-electron chi connectivity index (χ1n) is 6.02. The minimum atomic E-state index is -0.101. The van der Waals surface area contributed by atoms with Crippen molar-refractivity contribution in [2.75, 3.05) is 6.54 Å². The molecule has 0 spiro atoms. The Morgan fingerprint density at radius 2 is 2.06 bits per heavy atom. The predicted octanol–water partition coefficient (Wildman–Crippen LogP) is 2.42. The van der Waals surface area contributed by atoms with Crippen LogP contribution in [0.15, 0.2) is 10.5 Å². The van der Waals surface area contributed by atoms with Crippen molar-refractivity contribution in [1.82, 2.24) is 5.32 Å². The Morgan fingerprint density at radius 3 is 2.44 bits per heavy atom. The van der Waals surface area contributed by atoms with E-state index >= 15 is 0 Å². The fourth-order valence-corrected chi connectivity index (χ4v) is 1.90. The molecule has 0 saturated carbocycles. The van der Waals surface area contributed by atoms with E-state index in [0.29, 0.717) is 23.8 Å². The van der Waals surface area contributed by atoms with E-state index in [2.05, 4.69) is 19.2 Å². The van der Waals surface area contributed by atoms with Crippen LogP contribution in [0.3, 0.4) is 0 Å². The van der Waals surface area contributed by atoms with Gasteiger partial charge in [0.2, 0.25) is 0 Å². The summed E-state index contributed by atoms with van der Waals surface area (Å²) in [6, 6.07) is 1.78. The highest BCUT2D eigenvalue weighted by molar-refractivity contribution is 5.95. The number of aryl methyl sites for hydroxylation is 2. The molecule has 1 rings (SSSR count). The number of rotatable bonds is 5. The van der Waals surface area contributed by atoms with Gasteiger partial charge in [-0.25, -0.2) is 0 Å². The van der Waals surface area contributed by atoms with Crippen LogP contribution in [0.4, 0.5) is 0 Å². The van der Waals surface area contributed by atoms with Gasteiger partial charge in [-0.05, 0) is 32.3 Å². The average molecular weight is 275 g/mol. The average Bonchev–Trinajstić information content (AvgIpc) is 2.56. The molecule has 0 aromatic carbocycles. The third kappa shape index (κ3) is 4.70. The van der Waals surface area contributed by atoms with Crippen molar-refractivity contribution in [1.29, 1.82) is 0 Å². The maximum atomic E-state index is 12.0. The van der Waals surface area contributed by atoms with Crippen LogP contribution in [-0.2, 0) is 0 Å². The molecule has 1 aromatic heterocycles. The minimum Gasteiger partial charge on any atom is -0.466 e. The lowest BCUT2D eigenvalue weighted by Crippen LogP contribution is -2.41. The van der Waals surface area contributed by atoms with Gasteiger partial charge in [0.05, 0.1) is 5.56 Å². The highest BCUT2D eigenvalue weighted by Gasteiger charge is 2.17. The third-order valence-electron chi connectivity index (χ3n) is 2.66. The maximum absolute atomic E-state index is 12.0. The molecule has 0 aliphatic rings. The van der Waals surface area contributed by atoms with Crippen molar-refractivity contribution in [3.8, 4) is 0 Å². The Balaban J connectivity index is 0.00000289. The van der Waals surface area contributed by atoms with E-state index in [1.54, 1.807) is 13.0 Å². The first-order valence-corrected chi connectivity index (χ1v) is 6.02. The van der Waals surface area contributed by atoms with Crippen LogP contribution >= 0.6 is 12.4 Å². The second kappa shape index (κ2) is 7.44. The zero-order valence-corrected chi connectivity index (χ0v) is 12.3. The number of amides is 1. The van der Waals surface area contributed by atoms with Crippen molar-refractivity contribution >= 4 is 18.3 Å². The molecule has 5 heteroatoms. The molecule has 1 heterocycles. The number of nitrogens with two attached hydrogens (primary N) is 1. The number of nitrogens with one attached hydrogen (secondary N) is 1. The molecule has 1 amide bonds. The van der Waals surface area contributed by atoms with E-state index in [1.165, 1.54) is 0 Å². The van der Waals surface area contributed by atoms with Gasteiger partial charge in [-0.2, -0.15) is 0 Å². The summed E-state index contributed by atoms with van der Waals surface area (Å²) in [6.07, 6.45) is 0.887. The summed E-state index contributed by atoms with van der Waals surface area (Å²) in [5, 5.41) is 2.94. The topological polar surface area (TPSA) is 68.3 Å². The first-order chi connectivity index (χ1) is 7.93. The van der Waals surface area contributed by atoms with Crippen LogP contribution in [-0.4, -0.2) is 18.5 Å². The normalized spacial score (nSPS) is 12.1. The van der Waals surface area contributed by atoms with Crippen molar-refractivity contribution in [2.45, 2.75) is 40.2 Å². The molecule has 18 heavy (non-hydrogen) atoms. The molecule has 104 valence electrons. The van der Waals surface area contributed by atoms with E-state index < -0.39 is 0 Å². The Hall–Kier alpha value is -1.000. The van der Waals surface area contributed by atoms with Gasteiger partial charge in [-0.15, -0.1) is 12.4 Å². The Bertz CT molecular complexity index is 388. The number of hydrogen-bond acceptors (Lipinski definition) is 3. The number of furan rings is 1. The number of halogens is 1. The van der Waals surface area contributed by atoms with E-state index in [0.717, 1.165) is 12.2 Å². The Labute approximate surface area is 115 Å². The van der Waals surface area contributed by atoms with Gasteiger partial charge >= 0.3 is 0 Å². The molecular formula is C13H23ClN2O2. The molecule has 0 saturated heterocycles. The number of hydrogen-bond donors (Lipinski definition) is 2. The van der Waals surface area contributed by atoms with E-state index in [-0.39, 0.29) is 24.4 Å². The molecule has 4 nitrogen and oxygen atoms in total. The molecule has 0 aliphatic carbocycles. The molecule has 0 fully saturated rings. The van der Waals surface area contributed by atoms with Crippen molar-refractivity contribution in [2.24, 2.45) is 11.7 Å². The lowest BCUT2D eigenvalue weighted by atomic mass is 10.0. The largest absolute Gasteiger partial charge is 0.466 e. The SMILES string of the molecule is Cc1cc(C(=O)NC(CN)CC(C)C)c(C)o1.Cl. The lowest BCUT2D eigenvalue weighted by molar-refractivity contribution is 0.0932. The summed E-state index contributed by atoms with van der Waals surface area (Å²) < 4.78 is 5.34. The Morgan fingerprint density at radius 1 is 1.44 bits per heavy atom. The van der Waals surface area contributed by atoms with Gasteiger partial charge in [-0.1, -0.05) is 13.8 Å². The quantitative estimate of drug-likeness (QED) is 0.866. The van der Waals surface area contributed by atoms with Crippen molar-refractivity contribution < 1.29 is 9.21 Å². The summed E-state index contributed by atoms with van der Waals surface area (Å²) in [6.45, 7) is 8.31. The van der Waals surface area contributed by atoms with E-state index in [1.807, 2.05) is 6.92 Å². The van der Waals surface area contributed by atoms with Gasteiger partial charge in [0, 0.05) is 12.6 Å². The molecule has 0 aliphatic heterocycles. The second-order valence-corrected chi connectivity index (χ2v) is 4.86. The molecule has 3 N–H and O–H groups in total. The number of carbonyl (C=O) groups is 1. The lowest BCUT2D eigenvalue weighted by Gasteiger charge is -2.18. The summed E-state index contributed by atoms with van der Waals surface area (Å²) in [5.74, 6) is 1.81. The maximum Gasteiger partial charge on any atom is 0.255 e. The third-order valence-corrected chi connectivity index (χ3v) is 2.66. The summed E-state index contributed by atoms with van der Waals surface area (Å²) in [7, 11) is 0. The van der Waals surface area contributed by atoms with Gasteiger partial charge in [0.25, 0.3) is 5.91 Å². The molecule has 0 radical (unpaired) electrons. The van der Waals surface area contributed by atoms with Gasteiger partial charge in [0.15, 0.2) is 0 Å². The van der Waals surface area contributed by atoms with Gasteiger partial charge in [-0.3, -0.25) is 4.79 Å². The Kier molecular flexibility index (Phi) is 7.02. The van der Waals surface area contributed by atoms with Gasteiger partial charge in [0.1, 0.15) is 11.5 Å². The zero-order chi connectivity index (χ0) is 13.0. The van der Waals surface area contributed by atoms with Crippen molar-refractivity contribution in [3.05, 3.63) is 23.2 Å². The smallest absolute Gasteiger partial charge is 0.255 e. The number of carbonyl (C=O) groups excluding carboxylic acids is 1. The van der Waals surface area contributed by atoms with Crippen LogP contribution in [0.2, 0.25) is 0 Å². The fraction of sp³-hybridized carbons (Fsp3) is 0.615.